The van der Waals surface area contributed by atoms with E-state index < -0.39 is 24.4 Å². The van der Waals surface area contributed by atoms with Crippen LogP contribution in [0.15, 0.2) is 11.6 Å². The smallest absolute Gasteiger partial charge is 0.334 e. The van der Waals surface area contributed by atoms with E-state index >= 15 is 0 Å². The molecule has 0 aromatic heterocycles. The third kappa shape index (κ3) is 17.6. The van der Waals surface area contributed by atoms with Gasteiger partial charge in [-0.3, -0.25) is 0 Å². The first kappa shape index (κ1) is 40.1. The molecule has 0 amide bonds. The van der Waals surface area contributed by atoms with Crippen LogP contribution in [0.25, 0.3) is 0 Å². The van der Waals surface area contributed by atoms with Crippen LogP contribution in [0.3, 0.4) is 0 Å². The number of rotatable bonds is 28. The summed E-state index contributed by atoms with van der Waals surface area (Å²) >= 11 is 0. The van der Waals surface area contributed by atoms with Gasteiger partial charge in [0.25, 0.3) is 0 Å². The van der Waals surface area contributed by atoms with Gasteiger partial charge < -0.3 is 35.0 Å². The second-order valence-electron chi connectivity index (χ2n) is 13.9. The highest BCUT2D eigenvalue weighted by molar-refractivity contribution is 5.90. The molecule has 1 saturated heterocycles. The summed E-state index contributed by atoms with van der Waals surface area (Å²) in [6.45, 7) is 4.07. The molecule has 2 rings (SSSR count). The molecular formula is C37H68O8. The van der Waals surface area contributed by atoms with Gasteiger partial charge in [-0.15, -0.1) is 0 Å². The zero-order valence-corrected chi connectivity index (χ0v) is 28.6. The third-order valence-corrected chi connectivity index (χ3v) is 9.76. The van der Waals surface area contributed by atoms with E-state index in [0.29, 0.717) is 44.9 Å². The number of unbranched alkanes of at least 4 members (excludes halogenated alkanes) is 12. The summed E-state index contributed by atoms with van der Waals surface area (Å²) in [7, 11) is 0. The van der Waals surface area contributed by atoms with Crippen LogP contribution in [0, 0.1) is 0 Å². The summed E-state index contributed by atoms with van der Waals surface area (Å²) in [5, 5.41) is 52.2. The number of hydrogen-bond donors (Lipinski definition) is 5. The standard InChI is InChI=1S/C37H68O8/c1-3-4-5-15-19-30(38)20-17-22-33(41)35-25-26-36(45-35)34(42)24-23-32(40)31(39)21-16-13-11-9-7-6-8-10-12-14-18-29-27-28(2)44-37(29)43/h27-28,30-36,38-42H,3-26H2,1-2H3/t28-,30?,31+,32+,33-,34+,35+,36?/m0/s1. The van der Waals surface area contributed by atoms with Crippen molar-refractivity contribution in [3.05, 3.63) is 11.6 Å². The van der Waals surface area contributed by atoms with Crippen LogP contribution in [0.4, 0.5) is 0 Å². The van der Waals surface area contributed by atoms with E-state index in [4.69, 9.17) is 9.47 Å². The Hall–Kier alpha value is -1.03. The lowest BCUT2D eigenvalue weighted by Crippen LogP contribution is -2.33. The molecule has 0 radical (unpaired) electrons. The number of aliphatic hydroxyl groups is 5. The third-order valence-electron chi connectivity index (χ3n) is 9.76. The predicted octanol–water partition coefficient (Wildman–Crippen LogP) is 6.81. The van der Waals surface area contributed by atoms with Crippen molar-refractivity contribution in [2.75, 3.05) is 0 Å². The number of ether oxygens (including phenoxy) is 2. The fraction of sp³-hybridized carbons (Fsp3) is 0.919. The van der Waals surface area contributed by atoms with E-state index in [1.54, 1.807) is 0 Å². The van der Waals surface area contributed by atoms with Crippen molar-refractivity contribution in [3.8, 4) is 0 Å². The van der Waals surface area contributed by atoms with Gasteiger partial charge in [-0.25, -0.2) is 4.79 Å². The number of hydrogen-bond acceptors (Lipinski definition) is 8. The summed E-state index contributed by atoms with van der Waals surface area (Å²) in [6, 6.07) is 0. The minimum Gasteiger partial charge on any atom is -0.455 e. The quantitative estimate of drug-likeness (QED) is 0.0465. The molecule has 264 valence electrons. The average Bonchev–Trinajstić information content (AvgIpc) is 3.64. The second-order valence-corrected chi connectivity index (χ2v) is 13.9. The van der Waals surface area contributed by atoms with Gasteiger partial charge in [-0.1, -0.05) is 90.4 Å². The largest absolute Gasteiger partial charge is 0.455 e. The Morgan fingerprint density at radius 2 is 1.16 bits per heavy atom. The van der Waals surface area contributed by atoms with Gasteiger partial charge in [0, 0.05) is 5.57 Å². The maximum absolute atomic E-state index is 11.6. The van der Waals surface area contributed by atoms with E-state index in [1.807, 2.05) is 13.0 Å². The molecule has 0 aliphatic carbocycles. The number of carbonyl (C=O) groups is 1. The van der Waals surface area contributed by atoms with E-state index in [0.717, 1.165) is 69.8 Å². The Kier molecular flexibility index (Phi) is 21.6. The molecule has 0 spiro atoms. The number of carbonyl (C=O) groups excluding carboxylic acids is 1. The van der Waals surface area contributed by atoms with Crippen molar-refractivity contribution in [2.24, 2.45) is 0 Å². The van der Waals surface area contributed by atoms with Gasteiger partial charge in [0.1, 0.15) is 6.10 Å². The van der Waals surface area contributed by atoms with E-state index in [2.05, 4.69) is 6.92 Å². The number of cyclic esters (lactones) is 1. The van der Waals surface area contributed by atoms with Crippen LogP contribution < -0.4 is 0 Å². The molecular weight excluding hydrogens is 572 g/mol. The normalized spacial score (nSPS) is 23.5. The highest BCUT2D eigenvalue weighted by Crippen LogP contribution is 2.29. The van der Waals surface area contributed by atoms with Gasteiger partial charge in [0.2, 0.25) is 0 Å². The van der Waals surface area contributed by atoms with Crippen LogP contribution in [0.1, 0.15) is 168 Å². The van der Waals surface area contributed by atoms with Crippen molar-refractivity contribution in [3.63, 3.8) is 0 Å². The summed E-state index contributed by atoms with van der Waals surface area (Å²) in [5.41, 5.74) is 0.842. The zero-order valence-electron chi connectivity index (χ0n) is 28.6. The second kappa shape index (κ2) is 24.2. The lowest BCUT2D eigenvalue weighted by atomic mass is 9.97. The first-order valence-corrected chi connectivity index (χ1v) is 18.7. The lowest BCUT2D eigenvalue weighted by molar-refractivity contribution is -0.139. The predicted molar refractivity (Wildman–Crippen MR) is 179 cm³/mol. The molecule has 0 aromatic carbocycles. The Morgan fingerprint density at radius 3 is 1.76 bits per heavy atom. The molecule has 8 atom stereocenters. The van der Waals surface area contributed by atoms with Crippen LogP contribution >= 0.6 is 0 Å². The summed E-state index contributed by atoms with van der Waals surface area (Å²) in [6.07, 6.45) is 20.3. The Morgan fingerprint density at radius 1 is 0.644 bits per heavy atom. The molecule has 5 N–H and O–H groups in total. The molecule has 8 heteroatoms. The average molecular weight is 641 g/mol. The van der Waals surface area contributed by atoms with Crippen molar-refractivity contribution in [2.45, 2.75) is 217 Å². The molecule has 45 heavy (non-hydrogen) atoms. The number of esters is 1. The molecule has 1 fully saturated rings. The van der Waals surface area contributed by atoms with Gasteiger partial charge >= 0.3 is 5.97 Å². The van der Waals surface area contributed by atoms with E-state index in [9.17, 15) is 30.3 Å². The molecule has 2 unspecified atom stereocenters. The summed E-state index contributed by atoms with van der Waals surface area (Å²) in [5.74, 6) is -0.142. The minimum absolute atomic E-state index is 0.0689. The molecule has 2 heterocycles. The van der Waals surface area contributed by atoms with Crippen molar-refractivity contribution >= 4 is 5.97 Å². The topological polar surface area (TPSA) is 137 Å². The maximum Gasteiger partial charge on any atom is 0.334 e. The zero-order chi connectivity index (χ0) is 32.9. The Labute approximate surface area is 274 Å². The molecule has 0 aromatic rings. The fourth-order valence-corrected chi connectivity index (χ4v) is 6.77. The van der Waals surface area contributed by atoms with Gasteiger partial charge in [-0.05, 0) is 83.6 Å². The maximum atomic E-state index is 11.6. The fourth-order valence-electron chi connectivity index (χ4n) is 6.77. The van der Waals surface area contributed by atoms with Crippen LogP contribution in [0.2, 0.25) is 0 Å². The Balaban J connectivity index is 1.41. The molecule has 2 aliphatic rings. The summed E-state index contributed by atoms with van der Waals surface area (Å²) in [4.78, 5) is 11.6. The lowest BCUT2D eigenvalue weighted by Gasteiger charge is -2.24. The highest BCUT2D eigenvalue weighted by Gasteiger charge is 2.34. The first-order chi connectivity index (χ1) is 21.7. The highest BCUT2D eigenvalue weighted by atomic mass is 16.5. The first-order valence-electron chi connectivity index (χ1n) is 18.7. The van der Waals surface area contributed by atoms with Crippen LogP contribution in [0.5, 0.6) is 0 Å². The van der Waals surface area contributed by atoms with Gasteiger partial charge in [0.15, 0.2) is 0 Å². The number of aliphatic hydroxyl groups excluding tert-OH is 5. The van der Waals surface area contributed by atoms with Crippen molar-refractivity contribution in [1.29, 1.82) is 0 Å². The molecule has 0 saturated carbocycles. The Bertz CT molecular complexity index is 788. The minimum atomic E-state index is -0.852. The van der Waals surface area contributed by atoms with Gasteiger partial charge in [-0.2, -0.15) is 0 Å². The SMILES string of the molecule is CCCCCCC(O)CCC[C@H](O)[C@H]1CCC([C@H](O)CC[C@@H](O)[C@H](O)CCCCCCCCCCCCC2=C[C@H](C)OC2=O)O1. The van der Waals surface area contributed by atoms with Crippen molar-refractivity contribution in [1.82, 2.24) is 0 Å². The monoisotopic (exact) mass is 640 g/mol. The van der Waals surface area contributed by atoms with E-state index in [-0.39, 0.29) is 30.4 Å². The van der Waals surface area contributed by atoms with Crippen molar-refractivity contribution < 1.29 is 39.8 Å². The van der Waals surface area contributed by atoms with E-state index in [1.165, 1.54) is 44.9 Å². The molecule has 2 aliphatic heterocycles. The van der Waals surface area contributed by atoms with Gasteiger partial charge in [0.05, 0.1) is 42.7 Å². The summed E-state index contributed by atoms with van der Waals surface area (Å²) < 4.78 is 11.1. The molecule has 8 nitrogen and oxygen atoms in total. The van der Waals surface area contributed by atoms with Crippen LogP contribution in [-0.4, -0.2) is 80.3 Å². The molecule has 0 bridgehead atoms. The van der Waals surface area contributed by atoms with Crippen LogP contribution in [-0.2, 0) is 14.3 Å².